The third-order valence-electron chi connectivity index (χ3n) is 2.21. The Morgan fingerprint density at radius 1 is 1.21 bits per heavy atom. The van der Waals surface area contributed by atoms with E-state index in [1.165, 1.54) is 24.3 Å². The van der Waals surface area contributed by atoms with Crippen LogP contribution < -0.4 is 10.5 Å². The first-order valence-electron chi connectivity index (χ1n) is 5.70. The number of ketones is 1. The molecule has 0 aromatic heterocycles. The fraction of sp³-hybridized carbons (Fsp3) is 0.462. The molecule has 0 amide bonds. The number of carbonyl (C=O) groups is 1. The number of alkyl halides is 3. The molecular weight excluding hydrogens is 259 g/mol. The molecule has 0 atom stereocenters. The van der Waals surface area contributed by atoms with E-state index in [2.05, 4.69) is 4.74 Å². The summed E-state index contributed by atoms with van der Waals surface area (Å²) in [6, 6.07) is 5.23. The van der Waals surface area contributed by atoms with Crippen molar-refractivity contribution >= 4 is 5.78 Å². The Balaban J connectivity index is 2.60. The number of benzene rings is 1. The van der Waals surface area contributed by atoms with Crippen LogP contribution in [0.5, 0.6) is 5.75 Å². The quantitative estimate of drug-likeness (QED) is 0.899. The standard InChI is InChI=1S/C13H16F3NO2/c1-12(2,17)8-10(18)7-9-3-5-11(6-4-9)19-13(14,15)16/h3-6H,7-8,17H2,1-2H3. The van der Waals surface area contributed by atoms with Crippen LogP contribution in [0.15, 0.2) is 24.3 Å². The second-order valence-corrected chi connectivity index (χ2v) is 5.07. The maximum atomic E-state index is 11.9. The predicted octanol–water partition coefficient (Wildman–Crippen LogP) is 2.82. The van der Waals surface area contributed by atoms with Gasteiger partial charge in [0.05, 0.1) is 0 Å². The van der Waals surface area contributed by atoms with Crippen LogP contribution in [0.1, 0.15) is 25.8 Å². The molecule has 1 aromatic rings. The van der Waals surface area contributed by atoms with Gasteiger partial charge in [0, 0.05) is 18.4 Å². The number of hydrogen-bond acceptors (Lipinski definition) is 3. The third kappa shape index (κ3) is 6.81. The zero-order valence-electron chi connectivity index (χ0n) is 10.8. The molecule has 106 valence electrons. The monoisotopic (exact) mass is 275 g/mol. The van der Waals surface area contributed by atoms with Gasteiger partial charge in [-0.25, -0.2) is 0 Å². The van der Waals surface area contributed by atoms with Gasteiger partial charge in [-0.1, -0.05) is 12.1 Å². The van der Waals surface area contributed by atoms with E-state index in [1.807, 2.05) is 0 Å². The van der Waals surface area contributed by atoms with Crippen LogP contribution in [0.2, 0.25) is 0 Å². The van der Waals surface area contributed by atoms with Crippen LogP contribution in [0.4, 0.5) is 13.2 Å². The van der Waals surface area contributed by atoms with Crippen LogP contribution in [0.3, 0.4) is 0 Å². The first kappa shape index (κ1) is 15.5. The maximum Gasteiger partial charge on any atom is 0.573 e. The molecule has 0 aliphatic carbocycles. The molecule has 0 heterocycles. The molecule has 0 aliphatic heterocycles. The Morgan fingerprint density at radius 2 is 1.74 bits per heavy atom. The number of nitrogens with two attached hydrogens (primary N) is 1. The molecule has 1 rings (SSSR count). The SMILES string of the molecule is CC(C)(N)CC(=O)Cc1ccc(OC(F)(F)F)cc1. The van der Waals surface area contributed by atoms with E-state index in [-0.39, 0.29) is 24.4 Å². The molecule has 6 heteroatoms. The van der Waals surface area contributed by atoms with Crippen molar-refractivity contribution in [3.05, 3.63) is 29.8 Å². The van der Waals surface area contributed by atoms with E-state index >= 15 is 0 Å². The van der Waals surface area contributed by atoms with Crippen LogP contribution in [-0.4, -0.2) is 17.7 Å². The summed E-state index contributed by atoms with van der Waals surface area (Å²) < 4.78 is 39.6. The topological polar surface area (TPSA) is 52.3 Å². The fourth-order valence-corrected chi connectivity index (χ4v) is 1.61. The van der Waals surface area contributed by atoms with Gasteiger partial charge in [-0.05, 0) is 31.5 Å². The van der Waals surface area contributed by atoms with E-state index in [0.29, 0.717) is 5.56 Å². The van der Waals surface area contributed by atoms with E-state index in [4.69, 9.17) is 5.73 Å². The van der Waals surface area contributed by atoms with E-state index in [0.717, 1.165) is 0 Å². The third-order valence-corrected chi connectivity index (χ3v) is 2.21. The lowest BCUT2D eigenvalue weighted by molar-refractivity contribution is -0.274. The Morgan fingerprint density at radius 3 is 2.16 bits per heavy atom. The average molecular weight is 275 g/mol. The second kappa shape index (κ2) is 5.61. The van der Waals surface area contributed by atoms with Crippen molar-refractivity contribution in [3.8, 4) is 5.75 Å². The summed E-state index contributed by atoms with van der Waals surface area (Å²) in [5, 5.41) is 0. The minimum atomic E-state index is -4.71. The van der Waals surface area contributed by atoms with Gasteiger partial charge >= 0.3 is 6.36 Å². The van der Waals surface area contributed by atoms with Crippen molar-refractivity contribution < 1.29 is 22.7 Å². The van der Waals surface area contributed by atoms with E-state index in [1.54, 1.807) is 13.8 Å². The molecule has 1 aromatic carbocycles. The van der Waals surface area contributed by atoms with Gasteiger partial charge in [-0.2, -0.15) is 0 Å². The number of ether oxygens (including phenoxy) is 1. The summed E-state index contributed by atoms with van der Waals surface area (Å²) in [5.74, 6) is -0.361. The fourth-order valence-electron chi connectivity index (χ4n) is 1.61. The van der Waals surface area contributed by atoms with E-state index < -0.39 is 11.9 Å². The van der Waals surface area contributed by atoms with Gasteiger partial charge in [0.2, 0.25) is 0 Å². The number of rotatable bonds is 5. The van der Waals surface area contributed by atoms with E-state index in [9.17, 15) is 18.0 Å². The number of hydrogen-bond donors (Lipinski definition) is 1. The largest absolute Gasteiger partial charge is 0.573 e. The molecule has 0 aliphatic rings. The molecule has 0 radical (unpaired) electrons. The van der Waals surface area contributed by atoms with Crippen molar-refractivity contribution in [1.29, 1.82) is 0 Å². The lowest BCUT2D eigenvalue weighted by Gasteiger charge is -2.17. The van der Waals surface area contributed by atoms with Crippen molar-refractivity contribution in [3.63, 3.8) is 0 Å². The minimum Gasteiger partial charge on any atom is -0.406 e. The second-order valence-electron chi connectivity index (χ2n) is 5.07. The number of Topliss-reactive ketones (excluding diaryl/α,β-unsaturated/α-hetero) is 1. The summed E-state index contributed by atoms with van der Waals surface area (Å²) in [6.45, 7) is 3.48. The predicted molar refractivity (Wildman–Crippen MR) is 64.7 cm³/mol. The Kier molecular flexibility index (Phi) is 4.57. The zero-order valence-corrected chi connectivity index (χ0v) is 10.8. The van der Waals surface area contributed by atoms with Crippen molar-refractivity contribution in [2.75, 3.05) is 0 Å². The summed E-state index contributed by atoms with van der Waals surface area (Å²) in [7, 11) is 0. The lowest BCUT2D eigenvalue weighted by Crippen LogP contribution is -2.35. The molecule has 0 unspecified atom stereocenters. The number of halogens is 3. The highest BCUT2D eigenvalue weighted by atomic mass is 19.4. The van der Waals surface area contributed by atoms with Crippen LogP contribution >= 0.6 is 0 Å². The first-order chi connectivity index (χ1) is 8.55. The first-order valence-corrected chi connectivity index (χ1v) is 5.70. The lowest BCUT2D eigenvalue weighted by atomic mass is 9.96. The van der Waals surface area contributed by atoms with Gasteiger partial charge < -0.3 is 10.5 Å². The zero-order chi connectivity index (χ0) is 14.7. The van der Waals surface area contributed by atoms with Crippen molar-refractivity contribution in [2.24, 2.45) is 5.73 Å². The molecule has 19 heavy (non-hydrogen) atoms. The molecule has 3 nitrogen and oxygen atoms in total. The Labute approximate surface area is 109 Å². The molecule has 0 saturated carbocycles. The molecule has 0 fully saturated rings. The van der Waals surface area contributed by atoms with Gasteiger partial charge in [0.1, 0.15) is 11.5 Å². The van der Waals surface area contributed by atoms with Crippen LogP contribution in [0, 0.1) is 0 Å². The van der Waals surface area contributed by atoms with Gasteiger partial charge in [-0.15, -0.1) is 13.2 Å². The highest BCUT2D eigenvalue weighted by Crippen LogP contribution is 2.23. The smallest absolute Gasteiger partial charge is 0.406 e. The molecule has 2 N–H and O–H groups in total. The Bertz CT molecular complexity index is 433. The summed E-state index contributed by atoms with van der Waals surface area (Å²) >= 11 is 0. The molecule has 0 saturated heterocycles. The normalized spacial score (nSPS) is 12.3. The summed E-state index contributed by atoms with van der Waals surface area (Å²) in [6.07, 6.45) is -4.35. The van der Waals surface area contributed by atoms with Gasteiger partial charge in [0.15, 0.2) is 0 Å². The molecular formula is C13H16F3NO2. The summed E-state index contributed by atoms with van der Waals surface area (Å²) in [4.78, 5) is 11.7. The molecule has 0 spiro atoms. The summed E-state index contributed by atoms with van der Waals surface area (Å²) in [5.41, 5.74) is 5.76. The van der Waals surface area contributed by atoms with Crippen LogP contribution in [-0.2, 0) is 11.2 Å². The average Bonchev–Trinajstić information content (AvgIpc) is 2.15. The minimum absolute atomic E-state index is 0.0583. The van der Waals surface area contributed by atoms with Gasteiger partial charge in [0.25, 0.3) is 0 Å². The maximum absolute atomic E-state index is 11.9. The highest BCUT2D eigenvalue weighted by molar-refractivity contribution is 5.81. The molecule has 0 bridgehead atoms. The van der Waals surface area contributed by atoms with Gasteiger partial charge in [-0.3, -0.25) is 4.79 Å². The highest BCUT2D eigenvalue weighted by Gasteiger charge is 2.30. The van der Waals surface area contributed by atoms with Crippen molar-refractivity contribution in [1.82, 2.24) is 0 Å². The number of carbonyl (C=O) groups excluding carboxylic acids is 1. The van der Waals surface area contributed by atoms with Crippen molar-refractivity contribution in [2.45, 2.75) is 38.6 Å². The van der Waals surface area contributed by atoms with Crippen LogP contribution in [0.25, 0.3) is 0 Å². The Hall–Kier alpha value is -1.56.